The van der Waals surface area contributed by atoms with Gasteiger partial charge in [0.05, 0.1) is 0 Å². The molecule has 1 heteroatoms. The Morgan fingerprint density at radius 2 is 2.14 bits per heavy atom. The van der Waals surface area contributed by atoms with Gasteiger partial charge in [-0.05, 0) is 36.8 Å². The van der Waals surface area contributed by atoms with Crippen molar-refractivity contribution in [3.63, 3.8) is 0 Å². The standard InChI is InChI=1S/C13H18S/c1-3-12-10(2)8-9-11-6-4-5-7-13(11)14-12/h4-7,10,12H,3,8-9H2,1-2H3. The summed E-state index contributed by atoms with van der Waals surface area (Å²) in [6, 6.07) is 8.89. The summed E-state index contributed by atoms with van der Waals surface area (Å²) in [6.07, 6.45) is 3.91. The number of thioether (sulfide) groups is 1. The first-order chi connectivity index (χ1) is 6.81. The lowest BCUT2D eigenvalue weighted by atomic mass is 9.97. The molecule has 0 spiro atoms. The second kappa shape index (κ2) is 4.39. The van der Waals surface area contributed by atoms with Crippen molar-refractivity contribution in [2.75, 3.05) is 0 Å². The smallest absolute Gasteiger partial charge is 0.0118 e. The number of hydrogen-bond acceptors (Lipinski definition) is 1. The minimum Gasteiger partial charge on any atom is -0.122 e. The Morgan fingerprint density at radius 1 is 1.36 bits per heavy atom. The molecule has 2 unspecified atom stereocenters. The fourth-order valence-corrected chi connectivity index (χ4v) is 3.50. The maximum atomic E-state index is 2.40. The van der Waals surface area contributed by atoms with Crippen LogP contribution in [0.3, 0.4) is 0 Å². The van der Waals surface area contributed by atoms with Crippen LogP contribution in [-0.2, 0) is 6.42 Å². The summed E-state index contributed by atoms with van der Waals surface area (Å²) in [5.74, 6) is 0.859. The van der Waals surface area contributed by atoms with Crippen LogP contribution in [0.15, 0.2) is 29.2 Å². The van der Waals surface area contributed by atoms with Gasteiger partial charge in [0.1, 0.15) is 0 Å². The predicted molar refractivity (Wildman–Crippen MR) is 63.9 cm³/mol. The Balaban J connectivity index is 2.26. The summed E-state index contributed by atoms with van der Waals surface area (Å²) in [6.45, 7) is 4.70. The van der Waals surface area contributed by atoms with Gasteiger partial charge in [-0.3, -0.25) is 0 Å². The van der Waals surface area contributed by atoms with Crippen molar-refractivity contribution < 1.29 is 0 Å². The Bertz CT molecular complexity index is 306. The highest BCUT2D eigenvalue weighted by molar-refractivity contribution is 8.00. The molecule has 1 aliphatic rings. The molecule has 0 aromatic heterocycles. The lowest BCUT2D eigenvalue weighted by Gasteiger charge is -2.18. The molecule has 2 rings (SSSR count). The van der Waals surface area contributed by atoms with Gasteiger partial charge in [0, 0.05) is 10.1 Å². The van der Waals surface area contributed by atoms with E-state index < -0.39 is 0 Å². The largest absolute Gasteiger partial charge is 0.122 e. The van der Waals surface area contributed by atoms with Gasteiger partial charge in [0.25, 0.3) is 0 Å². The van der Waals surface area contributed by atoms with Gasteiger partial charge in [0.15, 0.2) is 0 Å². The zero-order valence-electron chi connectivity index (χ0n) is 8.99. The maximum absolute atomic E-state index is 2.40. The molecular weight excluding hydrogens is 188 g/mol. The number of rotatable bonds is 1. The minimum absolute atomic E-state index is 0.818. The molecule has 0 N–H and O–H groups in total. The summed E-state index contributed by atoms with van der Waals surface area (Å²) in [5, 5.41) is 0.818. The number of benzene rings is 1. The van der Waals surface area contributed by atoms with E-state index in [1.54, 1.807) is 5.56 Å². The third-order valence-electron chi connectivity index (χ3n) is 3.16. The monoisotopic (exact) mass is 206 g/mol. The van der Waals surface area contributed by atoms with E-state index in [-0.39, 0.29) is 0 Å². The molecule has 0 nitrogen and oxygen atoms in total. The number of fused-ring (bicyclic) bond motifs is 1. The number of aryl methyl sites for hydroxylation is 1. The first-order valence-electron chi connectivity index (χ1n) is 5.56. The highest BCUT2D eigenvalue weighted by Crippen LogP contribution is 2.38. The van der Waals surface area contributed by atoms with Gasteiger partial charge in [-0.25, -0.2) is 0 Å². The van der Waals surface area contributed by atoms with Crippen molar-refractivity contribution in [3.05, 3.63) is 29.8 Å². The molecule has 0 saturated carbocycles. The fourth-order valence-electron chi connectivity index (χ4n) is 2.16. The third-order valence-corrected chi connectivity index (χ3v) is 4.91. The first kappa shape index (κ1) is 10.1. The van der Waals surface area contributed by atoms with Gasteiger partial charge in [0.2, 0.25) is 0 Å². The highest BCUT2D eigenvalue weighted by Gasteiger charge is 2.21. The fraction of sp³-hybridized carbons (Fsp3) is 0.538. The summed E-state index contributed by atoms with van der Waals surface area (Å²) < 4.78 is 0. The van der Waals surface area contributed by atoms with Crippen LogP contribution < -0.4 is 0 Å². The Hall–Kier alpha value is -0.430. The van der Waals surface area contributed by atoms with Crippen LogP contribution in [0.1, 0.15) is 32.3 Å². The summed E-state index contributed by atoms with van der Waals surface area (Å²) in [5.41, 5.74) is 1.56. The van der Waals surface area contributed by atoms with Crippen LogP contribution in [-0.4, -0.2) is 5.25 Å². The van der Waals surface area contributed by atoms with Crippen LogP contribution in [0.5, 0.6) is 0 Å². The second-order valence-electron chi connectivity index (χ2n) is 4.19. The molecule has 1 aromatic rings. The SMILES string of the molecule is CCC1Sc2ccccc2CCC1C. The predicted octanol–water partition coefficient (Wildman–Crippen LogP) is 4.14. The van der Waals surface area contributed by atoms with Crippen LogP contribution >= 0.6 is 11.8 Å². The van der Waals surface area contributed by atoms with Crippen LogP contribution in [0.25, 0.3) is 0 Å². The van der Waals surface area contributed by atoms with Crippen molar-refractivity contribution in [1.29, 1.82) is 0 Å². The van der Waals surface area contributed by atoms with Crippen LogP contribution in [0, 0.1) is 5.92 Å². The molecule has 0 saturated heterocycles. The maximum Gasteiger partial charge on any atom is 0.0118 e. The molecule has 1 heterocycles. The third kappa shape index (κ3) is 1.98. The van der Waals surface area contributed by atoms with E-state index in [9.17, 15) is 0 Å². The van der Waals surface area contributed by atoms with E-state index in [1.165, 1.54) is 24.2 Å². The number of hydrogen-bond donors (Lipinski definition) is 0. The molecule has 0 bridgehead atoms. The average Bonchev–Trinajstić information content (AvgIpc) is 2.38. The quantitative estimate of drug-likeness (QED) is 0.665. The molecule has 0 amide bonds. The van der Waals surface area contributed by atoms with Crippen molar-refractivity contribution in [2.45, 2.75) is 43.3 Å². The van der Waals surface area contributed by atoms with E-state index in [0.29, 0.717) is 0 Å². The van der Waals surface area contributed by atoms with Crippen molar-refractivity contribution in [2.24, 2.45) is 5.92 Å². The normalized spacial score (nSPS) is 26.7. The van der Waals surface area contributed by atoms with Crippen LogP contribution in [0.2, 0.25) is 0 Å². The van der Waals surface area contributed by atoms with Gasteiger partial charge < -0.3 is 0 Å². The Labute approximate surface area is 91.1 Å². The zero-order valence-corrected chi connectivity index (χ0v) is 9.81. The topological polar surface area (TPSA) is 0 Å². The second-order valence-corrected chi connectivity index (χ2v) is 5.47. The molecule has 2 atom stereocenters. The van der Waals surface area contributed by atoms with E-state index in [2.05, 4.69) is 49.9 Å². The van der Waals surface area contributed by atoms with Gasteiger partial charge in [-0.1, -0.05) is 32.0 Å². The molecular formula is C13H18S. The van der Waals surface area contributed by atoms with Crippen molar-refractivity contribution in [1.82, 2.24) is 0 Å². The van der Waals surface area contributed by atoms with Gasteiger partial charge in [-0.2, -0.15) is 0 Å². The molecule has 1 aliphatic heterocycles. The lowest BCUT2D eigenvalue weighted by molar-refractivity contribution is 0.505. The van der Waals surface area contributed by atoms with Gasteiger partial charge in [-0.15, -0.1) is 11.8 Å². The Kier molecular flexibility index (Phi) is 3.17. The highest BCUT2D eigenvalue weighted by atomic mass is 32.2. The molecule has 14 heavy (non-hydrogen) atoms. The summed E-state index contributed by atoms with van der Waals surface area (Å²) in [7, 11) is 0. The molecule has 0 fully saturated rings. The first-order valence-corrected chi connectivity index (χ1v) is 6.43. The van der Waals surface area contributed by atoms with E-state index >= 15 is 0 Å². The zero-order chi connectivity index (χ0) is 9.97. The summed E-state index contributed by atoms with van der Waals surface area (Å²) >= 11 is 2.09. The molecule has 1 aromatic carbocycles. The van der Waals surface area contributed by atoms with Gasteiger partial charge >= 0.3 is 0 Å². The van der Waals surface area contributed by atoms with Crippen molar-refractivity contribution >= 4 is 11.8 Å². The molecule has 0 aliphatic carbocycles. The summed E-state index contributed by atoms with van der Waals surface area (Å²) in [4.78, 5) is 1.52. The van der Waals surface area contributed by atoms with Crippen LogP contribution in [0.4, 0.5) is 0 Å². The Morgan fingerprint density at radius 3 is 2.93 bits per heavy atom. The minimum atomic E-state index is 0.818. The van der Waals surface area contributed by atoms with E-state index in [4.69, 9.17) is 0 Å². The van der Waals surface area contributed by atoms with E-state index in [1.807, 2.05) is 0 Å². The lowest BCUT2D eigenvalue weighted by Crippen LogP contribution is -2.11. The van der Waals surface area contributed by atoms with E-state index in [0.717, 1.165) is 11.2 Å². The van der Waals surface area contributed by atoms with Crippen molar-refractivity contribution in [3.8, 4) is 0 Å². The molecule has 76 valence electrons. The molecule has 0 radical (unpaired) electrons. The average molecular weight is 206 g/mol.